The number of carbonyl (C=O) groups is 4. The number of thiocarbonyl (C=S) groups is 1. The molecule has 4 heterocycles. The van der Waals surface area contributed by atoms with Crippen LogP contribution in [0.5, 0.6) is 0 Å². The molecular weight excluding hydrogens is 586 g/mol. The van der Waals surface area contributed by atoms with Crippen LogP contribution in [0.15, 0.2) is 38.7 Å². The number of nitrogens with zero attached hydrogens (tertiary/aromatic N) is 4. The van der Waals surface area contributed by atoms with E-state index in [4.69, 9.17) is 21.8 Å². The highest BCUT2D eigenvalue weighted by molar-refractivity contribution is 8.00. The van der Waals surface area contributed by atoms with Gasteiger partial charge in [-0.05, 0) is 6.07 Å². The van der Waals surface area contributed by atoms with Crippen LogP contribution in [-0.2, 0) is 35.2 Å². The number of carboxylic acid groups (broad SMARTS) is 1. The van der Waals surface area contributed by atoms with Crippen LogP contribution in [0.4, 0.5) is 5.13 Å². The number of anilines is 1. The number of hydrogen-bond donors (Lipinski definition) is 4. The zero-order valence-electron chi connectivity index (χ0n) is 20.8. The maximum atomic E-state index is 13.1. The van der Waals surface area contributed by atoms with Crippen molar-refractivity contribution in [2.45, 2.75) is 24.8 Å². The summed E-state index contributed by atoms with van der Waals surface area (Å²) in [5.74, 6) is -3.14. The van der Waals surface area contributed by atoms with E-state index >= 15 is 0 Å². The number of thiazole rings is 1. The first-order valence-electron chi connectivity index (χ1n) is 11.3. The van der Waals surface area contributed by atoms with Gasteiger partial charge in [0, 0.05) is 36.1 Å². The van der Waals surface area contributed by atoms with Gasteiger partial charge in [0.1, 0.15) is 36.5 Å². The van der Waals surface area contributed by atoms with Crippen molar-refractivity contribution >= 4 is 74.9 Å². The molecular formula is C22H21N7O8S3. The number of β-lactam (4-membered cyclic amide) rings is 1. The molecule has 4 rings (SSSR count). The summed E-state index contributed by atoms with van der Waals surface area (Å²) < 4.78 is 4.92. The van der Waals surface area contributed by atoms with Gasteiger partial charge in [0.15, 0.2) is 10.8 Å². The number of H-pyrrole nitrogens is 1. The van der Waals surface area contributed by atoms with E-state index in [0.717, 1.165) is 16.2 Å². The van der Waals surface area contributed by atoms with Crippen LogP contribution in [0.1, 0.15) is 18.3 Å². The van der Waals surface area contributed by atoms with E-state index in [9.17, 15) is 29.1 Å². The third-order valence-electron chi connectivity index (χ3n) is 5.46. The van der Waals surface area contributed by atoms with Crippen molar-refractivity contribution in [2.75, 3.05) is 24.8 Å². The Balaban J connectivity index is 1.42. The highest BCUT2D eigenvalue weighted by Crippen LogP contribution is 2.40. The molecule has 4 N–H and O–H groups in total. The molecule has 15 nitrogen and oxygen atoms in total. The smallest absolute Gasteiger partial charge is 0.352 e. The van der Waals surface area contributed by atoms with Crippen molar-refractivity contribution in [3.05, 3.63) is 50.5 Å². The Kier molecular flexibility index (Phi) is 8.90. The maximum Gasteiger partial charge on any atom is 0.352 e. The Morgan fingerprint density at radius 3 is 2.75 bits per heavy atom. The number of thioether (sulfide) groups is 1. The van der Waals surface area contributed by atoms with Gasteiger partial charge in [0.2, 0.25) is 0 Å². The van der Waals surface area contributed by atoms with Crippen LogP contribution in [0.3, 0.4) is 0 Å². The third-order valence-corrected chi connectivity index (χ3v) is 7.80. The minimum absolute atomic E-state index is 0.145. The first kappa shape index (κ1) is 28.8. The van der Waals surface area contributed by atoms with Crippen LogP contribution >= 0.6 is 35.3 Å². The average Bonchev–Trinajstić information content (AvgIpc) is 3.37. The number of nitrogens with one attached hydrogen (secondary N) is 3. The van der Waals surface area contributed by atoms with Crippen molar-refractivity contribution in [2.24, 2.45) is 5.16 Å². The van der Waals surface area contributed by atoms with E-state index in [-0.39, 0.29) is 47.0 Å². The van der Waals surface area contributed by atoms with Gasteiger partial charge in [0.25, 0.3) is 17.4 Å². The predicted octanol–water partition coefficient (Wildman–Crippen LogP) is -0.139. The third kappa shape index (κ3) is 6.35. The van der Waals surface area contributed by atoms with Crippen LogP contribution < -0.4 is 16.2 Å². The number of fused-ring (bicyclic) bond motifs is 1. The topological polar surface area (TPSA) is 205 Å². The fraction of sp³-hybridized carbons (Fsp3) is 0.318. The molecule has 0 spiro atoms. The van der Waals surface area contributed by atoms with E-state index in [1.54, 1.807) is 0 Å². The molecule has 1 fully saturated rings. The van der Waals surface area contributed by atoms with Gasteiger partial charge in [-0.15, -0.1) is 23.1 Å². The molecule has 210 valence electrons. The number of aromatic nitrogens is 3. The van der Waals surface area contributed by atoms with Gasteiger partial charge in [-0.25, -0.2) is 14.9 Å². The lowest BCUT2D eigenvalue weighted by Crippen LogP contribution is -2.71. The molecule has 2 aromatic heterocycles. The van der Waals surface area contributed by atoms with E-state index < -0.39 is 35.2 Å². The lowest BCUT2D eigenvalue weighted by atomic mass is 10.0. The van der Waals surface area contributed by atoms with E-state index in [0.29, 0.717) is 15.8 Å². The maximum absolute atomic E-state index is 13.1. The number of amides is 2. The van der Waals surface area contributed by atoms with E-state index in [1.807, 2.05) is 0 Å². The highest BCUT2D eigenvalue weighted by atomic mass is 32.2. The largest absolute Gasteiger partial charge is 0.477 e. The standard InChI is InChI=1S/C22H21N7O8S3/c1-9(30)37-6-10-7-39-20-16(19(33)29(20)17(10)21(34)35)25-18(32)15(28-36-2)12-8-40-22(23-12)24-14(38)5-11-3-4-13(31)27-26-11/h3-4,8,16,20H,5-7H2,1-2H3,(H,25,32)(H,27,31)(H,34,35)(H,23,24,38)/t16-,20+/m0/s1. The molecule has 2 aliphatic heterocycles. The number of ether oxygens (including phenoxy) is 1. The molecule has 18 heteroatoms. The monoisotopic (exact) mass is 607 g/mol. The molecule has 2 amide bonds. The molecule has 2 aromatic rings. The summed E-state index contributed by atoms with van der Waals surface area (Å²) in [6, 6.07) is 1.84. The average molecular weight is 608 g/mol. The molecule has 2 aliphatic rings. The fourth-order valence-corrected chi connectivity index (χ4v) is 6.09. The first-order chi connectivity index (χ1) is 19.1. The summed E-state index contributed by atoms with van der Waals surface area (Å²) in [4.78, 5) is 70.8. The molecule has 2 atom stereocenters. The van der Waals surface area contributed by atoms with Gasteiger partial charge in [-0.1, -0.05) is 17.4 Å². The van der Waals surface area contributed by atoms with Crippen LogP contribution in [0, 0.1) is 0 Å². The number of aromatic amines is 1. The van der Waals surface area contributed by atoms with Crippen LogP contribution in [0.25, 0.3) is 0 Å². The second-order valence-electron chi connectivity index (χ2n) is 8.20. The normalized spacial score (nSPS) is 18.4. The van der Waals surface area contributed by atoms with E-state index in [1.165, 1.54) is 43.3 Å². The minimum atomic E-state index is -1.34. The summed E-state index contributed by atoms with van der Waals surface area (Å²) in [6.45, 7) is 0.939. The Morgan fingerprint density at radius 1 is 1.32 bits per heavy atom. The molecule has 0 saturated carbocycles. The SMILES string of the molecule is CON=C(C(=O)N[C@H]1C(=O)N2C(C(=O)O)=C(COC(C)=O)CS[C@H]12)c1csc(NC(=S)Cc2ccc(=O)[nH]n2)n1. The summed E-state index contributed by atoms with van der Waals surface area (Å²) in [5, 5.41) is 26.4. The number of rotatable bonds is 10. The van der Waals surface area contributed by atoms with Crippen LogP contribution in [-0.4, -0.2) is 90.5 Å². The fourth-order valence-electron chi connectivity index (χ4n) is 3.73. The van der Waals surface area contributed by atoms with Crippen molar-refractivity contribution in [1.82, 2.24) is 25.4 Å². The number of aliphatic carboxylic acids is 1. The summed E-state index contributed by atoms with van der Waals surface area (Å²) in [6.07, 6.45) is 0.231. The van der Waals surface area contributed by atoms with Crippen molar-refractivity contribution in [3.63, 3.8) is 0 Å². The number of carboxylic acids is 1. The van der Waals surface area contributed by atoms with E-state index in [2.05, 4.69) is 31.0 Å². The molecule has 0 aliphatic carbocycles. The second-order valence-corrected chi connectivity index (χ2v) is 10.7. The minimum Gasteiger partial charge on any atom is -0.477 e. The Bertz CT molecular complexity index is 1480. The molecule has 1 saturated heterocycles. The molecule has 0 radical (unpaired) electrons. The van der Waals surface area contributed by atoms with Crippen LogP contribution in [0.2, 0.25) is 0 Å². The molecule has 0 bridgehead atoms. The second kappa shape index (κ2) is 12.3. The number of hydrogen-bond acceptors (Lipinski definition) is 13. The zero-order chi connectivity index (χ0) is 29.0. The molecule has 40 heavy (non-hydrogen) atoms. The Morgan fingerprint density at radius 2 is 2.10 bits per heavy atom. The molecule has 0 unspecified atom stereocenters. The lowest BCUT2D eigenvalue weighted by Gasteiger charge is -2.49. The summed E-state index contributed by atoms with van der Waals surface area (Å²) in [5.41, 5.74) is 0.142. The van der Waals surface area contributed by atoms with Gasteiger partial charge in [-0.2, -0.15) is 5.10 Å². The van der Waals surface area contributed by atoms with Crippen molar-refractivity contribution in [1.29, 1.82) is 0 Å². The first-order valence-corrected chi connectivity index (χ1v) is 13.7. The Hall–Kier alpha value is -4.16. The molecule has 0 aromatic carbocycles. The summed E-state index contributed by atoms with van der Waals surface area (Å²) in [7, 11) is 1.24. The Labute approximate surface area is 239 Å². The quantitative estimate of drug-likeness (QED) is 0.0914. The predicted molar refractivity (Wildman–Crippen MR) is 147 cm³/mol. The van der Waals surface area contributed by atoms with Gasteiger partial charge < -0.3 is 25.3 Å². The van der Waals surface area contributed by atoms with Crippen molar-refractivity contribution in [3.8, 4) is 0 Å². The zero-order valence-corrected chi connectivity index (χ0v) is 23.3. The summed E-state index contributed by atoms with van der Waals surface area (Å²) >= 11 is 7.68. The van der Waals surface area contributed by atoms with Gasteiger partial charge in [0.05, 0.1) is 10.7 Å². The number of carbonyl (C=O) groups excluding carboxylic acids is 3. The number of oxime groups is 1. The number of esters is 1. The van der Waals surface area contributed by atoms with Gasteiger partial charge >= 0.3 is 11.9 Å². The van der Waals surface area contributed by atoms with Crippen molar-refractivity contribution < 1.29 is 33.9 Å². The highest BCUT2D eigenvalue weighted by Gasteiger charge is 2.54. The lowest BCUT2D eigenvalue weighted by molar-refractivity contribution is -0.150. The van der Waals surface area contributed by atoms with Gasteiger partial charge in [-0.3, -0.25) is 24.1 Å².